The zero-order valence-corrected chi connectivity index (χ0v) is 26.3. The molecule has 8 nitrogen and oxygen atoms in total. The predicted molar refractivity (Wildman–Crippen MR) is 171 cm³/mol. The number of oxazole rings is 1. The molecule has 43 heavy (non-hydrogen) atoms. The van der Waals surface area contributed by atoms with Crippen molar-refractivity contribution in [1.29, 1.82) is 0 Å². The maximum absolute atomic E-state index is 13.7. The van der Waals surface area contributed by atoms with Crippen LogP contribution >= 0.6 is 0 Å². The predicted octanol–water partition coefficient (Wildman–Crippen LogP) is 6.56. The van der Waals surface area contributed by atoms with Gasteiger partial charge >= 0.3 is 0 Å². The number of aliphatic hydroxyl groups is 1. The van der Waals surface area contributed by atoms with Gasteiger partial charge in [0.05, 0.1) is 29.6 Å². The number of hydrogen-bond donors (Lipinski definition) is 4. The molecule has 3 atom stereocenters. The molecule has 1 saturated carbocycles. The zero-order valence-electron chi connectivity index (χ0n) is 26.3. The molecule has 8 heteroatoms. The summed E-state index contributed by atoms with van der Waals surface area (Å²) in [5, 5.41) is 21.9. The highest BCUT2D eigenvalue weighted by atomic mass is 16.3. The Morgan fingerprint density at radius 3 is 2.56 bits per heavy atom. The number of pyridine rings is 1. The third-order valence-corrected chi connectivity index (χ3v) is 9.03. The molecule has 1 amide bonds. The highest BCUT2D eigenvalue weighted by Gasteiger charge is 2.46. The third-order valence-electron chi connectivity index (χ3n) is 9.03. The lowest BCUT2D eigenvalue weighted by Crippen LogP contribution is -2.49. The Hall–Kier alpha value is -3.23. The van der Waals surface area contributed by atoms with Gasteiger partial charge in [-0.15, -0.1) is 0 Å². The molecular weight excluding hydrogens is 538 g/mol. The molecular formula is C35H49N5O3. The van der Waals surface area contributed by atoms with Crippen LogP contribution in [0.1, 0.15) is 107 Å². The van der Waals surface area contributed by atoms with Crippen molar-refractivity contribution in [3.8, 4) is 11.5 Å². The lowest BCUT2D eigenvalue weighted by molar-refractivity contribution is 0.0782. The summed E-state index contributed by atoms with van der Waals surface area (Å²) < 4.78 is 5.55. The van der Waals surface area contributed by atoms with Crippen LogP contribution < -0.4 is 16.0 Å². The first kappa shape index (κ1) is 31.2. The first-order valence-corrected chi connectivity index (χ1v) is 16.1. The first-order valence-electron chi connectivity index (χ1n) is 16.1. The molecule has 2 aliphatic rings. The largest absolute Gasteiger partial charge is 0.445 e. The van der Waals surface area contributed by atoms with E-state index in [4.69, 9.17) is 9.40 Å². The van der Waals surface area contributed by atoms with Crippen molar-refractivity contribution in [2.24, 2.45) is 5.92 Å². The Kier molecular flexibility index (Phi) is 9.87. The molecule has 1 aliphatic carbocycles. The highest BCUT2D eigenvalue weighted by molar-refractivity contribution is 5.96. The van der Waals surface area contributed by atoms with Gasteiger partial charge in [0.15, 0.2) is 0 Å². The number of benzene rings is 1. The number of carbonyl (C=O) groups is 1. The minimum Gasteiger partial charge on any atom is -0.445 e. The van der Waals surface area contributed by atoms with Crippen LogP contribution in [-0.2, 0) is 11.0 Å². The Balaban J connectivity index is 1.35. The van der Waals surface area contributed by atoms with Crippen LogP contribution in [0.4, 0.5) is 5.69 Å². The SMILES string of the molecule is C[C@H]1CCCCCCCNc2cc(cc(-c3ncco3)c2)C(=O)N[C@H](C(O)CNC2(c3cc(C(C)(C)C)ccn3)CC2)C1. The second kappa shape index (κ2) is 13.6. The van der Waals surface area contributed by atoms with E-state index in [9.17, 15) is 9.90 Å². The van der Waals surface area contributed by atoms with E-state index in [2.05, 4.69) is 60.8 Å². The average molecular weight is 588 g/mol. The van der Waals surface area contributed by atoms with Gasteiger partial charge in [-0.2, -0.15) is 0 Å². The van der Waals surface area contributed by atoms with Crippen molar-refractivity contribution >= 4 is 11.6 Å². The molecule has 0 spiro atoms. The van der Waals surface area contributed by atoms with Gasteiger partial charge in [-0.3, -0.25) is 9.78 Å². The van der Waals surface area contributed by atoms with Crippen molar-refractivity contribution in [3.05, 3.63) is 65.8 Å². The fourth-order valence-electron chi connectivity index (χ4n) is 6.10. The molecule has 1 fully saturated rings. The van der Waals surface area contributed by atoms with Gasteiger partial charge in [0, 0.05) is 36.1 Å². The molecule has 232 valence electrons. The number of fused-ring (bicyclic) bond motifs is 2. The summed E-state index contributed by atoms with van der Waals surface area (Å²) in [5.41, 5.74) is 4.23. The maximum Gasteiger partial charge on any atom is 0.251 e. The van der Waals surface area contributed by atoms with E-state index in [-0.39, 0.29) is 16.9 Å². The van der Waals surface area contributed by atoms with Gasteiger partial charge in [-0.25, -0.2) is 4.98 Å². The minimum absolute atomic E-state index is 0.0388. The van der Waals surface area contributed by atoms with E-state index in [1.807, 2.05) is 24.4 Å². The highest BCUT2D eigenvalue weighted by Crippen LogP contribution is 2.45. The van der Waals surface area contributed by atoms with E-state index >= 15 is 0 Å². The quantitative estimate of drug-likeness (QED) is 0.258. The van der Waals surface area contributed by atoms with Crippen molar-refractivity contribution in [1.82, 2.24) is 20.6 Å². The molecule has 0 radical (unpaired) electrons. The fourth-order valence-corrected chi connectivity index (χ4v) is 6.10. The van der Waals surface area contributed by atoms with Crippen molar-refractivity contribution in [2.75, 3.05) is 18.4 Å². The summed E-state index contributed by atoms with van der Waals surface area (Å²) in [6, 6.07) is 9.56. The molecule has 2 aromatic heterocycles. The minimum atomic E-state index is -0.749. The summed E-state index contributed by atoms with van der Waals surface area (Å²) in [4.78, 5) is 22.8. The molecule has 1 unspecified atom stereocenters. The van der Waals surface area contributed by atoms with E-state index in [1.54, 1.807) is 6.20 Å². The van der Waals surface area contributed by atoms with Crippen LogP contribution in [0.25, 0.3) is 11.5 Å². The van der Waals surface area contributed by atoms with Gasteiger partial charge in [0.25, 0.3) is 5.91 Å². The topological polar surface area (TPSA) is 112 Å². The number of nitrogens with zero attached hydrogens (tertiary/aromatic N) is 2. The normalized spacial score (nSPS) is 22.3. The zero-order chi connectivity index (χ0) is 30.5. The molecule has 3 aromatic rings. The molecule has 3 heterocycles. The van der Waals surface area contributed by atoms with Crippen LogP contribution in [0.15, 0.2) is 53.4 Å². The fraction of sp³-hybridized carbons (Fsp3) is 0.571. The van der Waals surface area contributed by atoms with E-state index in [0.717, 1.165) is 49.2 Å². The number of aromatic nitrogens is 2. The smallest absolute Gasteiger partial charge is 0.251 e. The Morgan fingerprint density at radius 2 is 1.81 bits per heavy atom. The third kappa shape index (κ3) is 8.24. The van der Waals surface area contributed by atoms with Crippen LogP contribution in [0.3, 0.4) is 0 Å². The molecule has 4 N–H and O–H groups in total. The number of amides is 1. The second-order valence-corrected chi connectivity index (χ2v) is 13.8. The standard InChI is InChI=1S/C35H49N5O3/c1-24-10-8-6-5-7-9-14-36-28-20-25(19-26(21-28)33-38-16-17-43-33)32(42)40-29(18-24)30(41)23-39-35(12-13-35)31-22-27(11-15-37-31)34(2,3)4/h11,15-17,19-22,24,29-30,36,39,41H,5-10,12-14,18,23H2,1-4H3,(H,40,42)/t24-,29-,30?/m0/s1. The number of rotatable bonds is 6. The van der Waals surface area contributed by atoms with Crippen LogP contribution in [0.2, 0.25) is 0 Å². The van der Waals surface area contributed by atoms with Crippen LogP contribution in [0, 0.1) is 5.92 Å². The van der Waals surface area contributed by atoms with Gasteiger partial charge in [0.1, 0.15) is 6.26 Å². The molecule has 0 saturated heterocycles. The van der Waals surface area contributed by atoms with Crippen LogP contribution in [0.5, 0.6) is 0 Å². The second-order valence-electron chi connectivity index (χ2n) is 13.8. The molecule has 1 aromatic carbocycles. The summed E-state index contributed by atoms with van der Waals surface area (Å²) in [5.74, 6) is 0.643. The first-order chi connectivity index (χ1) is 20.6. The number of carbonyl (C=O) groups excluding carboxylic acids is 1. The van der Waals surface area contributed by atoms with E-state index in [1.165, 1.54) is 37.5 Å². The van der Waals surface area contributed by atoms with Gasteiger partial charge in [-0.1, -0.05) is 59.8 Å². The average Bonchev–Trinajstić information content (AvgIpc) is 3.58. The van der Waals surface area contributed by atoms with E-state index < -0.39 is 12.1 Å². The lowest BCUT2D eigenvalue weighted by Gasteiger charge is -2.29. The van der Waals surface area contributed by atoms with Crippen molar-refractivity contribution in [3.63, 3.8) is 0 Å². The Morgan fingerprint density at radius 1 is 1.05 bits per heavy atom. The Labute approximate surface area is 256 Å². The Bertz CT molecular complexity index is 1350. The maximum atomic E-state index is 13.7. The van der Waals surface area contributed by atoms with Crippen LogP contribution in [-0.4, -0.2) is 46.2 Å². The van der Waals surface area contributed by atoms with E-state index in [0.29, 0.717) is 30.3 Å². The molecule has 5 rings (SSSR count). The van der Waals surface area contributed by atoms with Gasteiger partial charge in [-0.05, 0) is 72.9 Å². The van der Waals surface area contributed by atoms with Crippen molar-refractivity contribution in [2.45, 2.75) is 109 Å². The van der Waals surface area contributed by atoms with Gasteiger partial charge < -0.3 is 25.5 Å². The monoisotopic (exact) mass is 587 g/mol. The number of nitrogens with one attached hydrogen (secondary N) is 3. The molecule has 1 aliphatic heterocycles. The van der Waals surface area contributed by atoms with Gasteiger partial charge in [0.2, 0.25) is 5.89 Å². The summed E-state index contributed by atoms with van der Waals surface area (Å²) in [6.45, 7) is 10.1. The summed E-state index contributed by atoms with van der Waals surface area (Å²) in [6.07, 6.45) is 13.9. The number of hydrogen-bond acceptors (Lipinski definition) is 7. The lowest BCUT2D eigenvalue weighted by atomic mass is 9.86. The summed E-state index contributed by atoms with van der Waals surface area (Å²) >= 11 is 0. The molecule has 2 bridgehead atoms. The number of aliphatic hydroxyl groups excluding tert-OH is 1. The number of anilines is 1. The summed E-state index contributed by atoms with van der Waals surface area (Å²) in [7, 11) is 0. The van der Waals surface area contributed by atoms with Crippen molar-refractivity contribution < 1.29 is 14.3 Å².